The van der Waals surface area contributed by atoms with Crippen LogP contribution in [0.5, 0.6) is 5.75 Å². The number of para-hydroxylation sites is 1. The number of hydrogen-bond acceptors (Lipinski definition) is 15. The predicted octanol–water partition coefficient (Wildman–Crippen LogP) is -1.90. The second-order valence-corrected chi connectivity index (χ2v) is 22.2. The van der Waals surface area contributed by atoms with E-state index in [1.807, 2.05) is 6.07 Å². The molecule has 0 radical (unpaired) electrons. The van der Waals surface area contributed by atoms with Crippen molar-refractivity contribution in [3.63, 3.8) is 0 Å². The summed E-state index contributed by atoms with van der Waals surface area (Å²) in [4.78, 5) is 121. The molecule has 1 saturated heterocycles. The summed E-state index contributed by atoms with van der Waals surface area (Å²) in [6, 6.07) is 9.79. The summed E-state index contributed by atoms with van der Waals surface area (Å²) in [6.07, 6.45) is -1.83. The van der Waals surface area contributed by atoms with Crippen LogP contribution in [0, 0.1) is 0 Å². The van der Waals surface area contributed by atoms with Gasteiger partial charge in [-0.05, 0) is 81.8 Å². The first-order chi connectivity index (χ1) is 36.4. The number of aromatic hydroxyl groups is 1. The standard InChI is InChI=1S/C51H69N13O11S2/c1-26(65)39(42(53)68)62-49(75)41-51(3,4)77-76-25-38(61-43(69)33(52)21-28-11-6-5-7-12-28)47(73)59-36(22-29-16-18-31(67)19-17-29)45(71)60-37(23-30-24-57-34-14-9-8-13-32(30)34)46(72)58-35(15-10-20-56-50(54)55)44(70)63-40(27(2)66)48(74)64-41/h5-9,11-14,16-19,24,26-27,33,35-41,57,65-67H,10,15,20-23,25,52H2,1-4H3,(H2,53,68)(H,58,72)(H,59,73)(H,60,71)(H,61,69)(H,62,75)(H,63,70)(H,64,74)(H4,54,55,56)/t26-,27-,33-,35?,36+,37-,38?,39+,40+,41-/m1/s1. The summed E-state index contributed by atoms with van der Waals surface area (Å²) in [5.74, 6) is -8.15. The quantitative estimate of drug-likeness (QED) is 0.0238. The van der Waals surface area contributed by atoms with Crippen LogP contribution in [0.4, 0.5) is 0 Å². The molecule has 0 saturated carbocycles. The highest BCUT2D eigenvalue weighted by atomic mass is 33.1. The Balaban J connectivity index is 1.64. The van der Waals surface area contributed by atoms with Crippen LogP contribution >= 0.6 is 21.6 Å². The van der Waals surface area contributed by atoms with E-state index in [0.717, 1.165) is 27.2 Å². The summed E-state index contributed by atoms with van der Waals surface area (Å²) in [5.41, 5.74) is 25.5. The maximum Gasteiger partial charge on any atom is 0.245 e. The first kappa shape index (κ1) is 60.5. The number of primary amides is 1. The number of aliphatic hydroxyl groups excluding tert-OH is 2. The number of fused-ring (bicyclic) bond motifs is 1. The van der Waals surface area contributed by atoms with Crippen LogP contribution in [0.1, 0.15) is 57.2 Å². The van der Waals surface area contributed by atoms with Crippen molar-refractivity contribution in [3.8, 4) is 5.75 Å². The fourth-order valence-electron chi connectivity index (χ4n) is 8.23. The van der Waals surface area contributed by atoms with Crippen molar-refractivity contribution in [2.45, 2.75) is 125 Å². The van der Waals surface area contributed by atoms with E-state index in [4.69, 9.17) is 22.9 Å². The number of hydrogen-bond donors (Lipinski definition) is 15. The number of amides is 8. The van der Waals surface area contributed by atoms with Crippen LogP contribution in [-0.4, -0.2) is 151 Å². The first-order valence-electron chi connectivity index (χ1n) is 24.7. The number of benzene rings is 3. The highest BCUT2D eigenvalue weighted by Gasteiger charge is 2.43. The van der Waals surface area contributed by atoms with Crippen LogP contribution in [0.15, 0.2) is 90.1 Å². The van der Waals surface area contributed by atoms with E-state index in [2.05, 4.69) is 47.2 Å². The van der Waals surface area contributed by atoms with E-state index in [1.165, 1.54) is 52.0 Å². The molecule has 5 rings (SSSR count). The molecule has 1 aliphatic heterocycles. The van der Waals surface area contributed by atoms with Gasteiger partial charge in [0.25, 0.3) is 0 Å². The number of nitrogens with one attached hydrogen (secondary N) is 8. The largest absolute Gasteiger partial charge is 0.508 e. The third-order valence-corrected chi connectivity index (χ3v) is 15.8. The maximum absolute atomic E-state index is 14.9. The molecule has 4 aromatic rings. The van der Waals surface area contributed by atoms with Gasteiger partial charge < -0.3 is 80.5 Å². The molecule has 0 bridgehead atoms. The predicted molar refractivity (Wildman–Crippen MR) is 292 cm³/mol. The number of aliphatic hydroxyl groups is 2. The number of H-pyrrole nitrogens is 1. The van der Waals surface area contributed by atoms with E-state index in [0.29, 0.717) is 22.0 Å². The average molecular weight is 1100 g/mol. The molecule has 0 aliphatic carbocycles. The Labute approximate surface area is 452 Å². The van der Waals surface area contributed by atoms with Crippen molar-refractivity contribution < 1.29 is 53.7 Å². The van der Waals surface area contributed by atoms with Gasteiger partial charge in [0.15, 0.2) is 5.96 Å². The number of aliphatic imine (C=N–C) groups is 1. The van der Waals surface area contributed by atoms with Gasteiger partial charge in [0, 0.05) is 47.0 Å². The van der Waals surface area contributed by atoms with E-state index in [1.54, 1.807) is 54.7 Å². The zero-order chi connectivity index (χ0) is 56.6. The lowest BCUT2D eigenvalue weighted by Gasteiger charge is -2.36. The molecule has 0 spiro atoms. The van der Waals surface area contributed by atoms with Gasteiger partial charge in [-0.1, -0.05) is 82.3 Å². The Morgan fingerprint density at radius 3 is 2.01 bits per heavy atom. The molecule has 10 atom stereocenters. The lowest BCUT2D eigenvalue weighted by atomic mass is 9.99. The number of aromatic amines is 1. The Kier molecular flexibility index (Phi) is 22.1. The van der Waals surface area contributed by atoms with Gasteiger partial charge in [-0.2, -0.15) is 0 Å². The molecule has 1 aromatic heterocycles. The van der Waals surface area contributed by atoms with Crippen LogP contribution < -0.4 is 60.2 Å². The average Bonchev–Trinajstić information content (AvgIpc) is 3.79. The molecule has 19 N–H and O–H groups in total. The van der Waals surface area contributed by atoms with Crippen molar-refractivity contribution in [2.75, 3.05) is 12.3 Å². The normalized spacial score (nSPS) is 22.5. The van der Waals surface area contributed by atoms with Crippen molar-refractivity contribution in [1.82, 2.24) is 42.2 Å². The van der Waals surface area contributed by atoms with Gasteiger partial charge in [-0.15, -0.1) is 0 Å². The summed E-state index contributed by atoms with van der Waals surface area (Å²) in [5, 5.41) is 50.6. The number of nitrogens with zero attached hydrogens (tertiary/aromatic N) is 1. The monoisotopic (exact) mass is 1100 g/mol. The number of guanidine groups is 1. The number of phenolic OH excluding ortho intramolecular Hbond substituents is 1. The molecule has 2 heterocycles. The van der Waals surface area contributed by atoms with Crippen molar-refractivity contribution in [2.24, 2.45) is 27.9 Å². The summed E-state index contributed by atoms with van der Waals surface area (Å²) in [7, 11) is 1.92. The minimum Gasteiger partial charge on any atom is -0.508 e. The van der Waals surface area contributed by atoms with Crippen molar-refractivity contribution in [3.05, 3.63) is 102 Å². The molecule has 8 amide bonds. The molecule has 1 fully saturated rings. The Bertz CT molecular complexity index is 2740. The SMILES string of the molecule is C[C@@H](O)[C@H](NC(=O)[C@H]1NC(=O)[C@H]([C@@H](C)O)NC(=O)C(CCCN=C(N)N)NC(=O)[C@@H](Cc2c[nH]c3ccccc23)NC(=O)[C@H](Cc2ccc(O)cc2)NC(=O)C(NC(=O)[C@H](N)Cc2ccccc2)CSSC1(C)C)C(N)=O. The zero-order valence-electron chi connectivity index (χ0n) is 43.0. The minimum absolute atomic E-state index is 0.00282. The van der Waals surface area contributed by atoms with Crippen LogP contribution in [0.2, 0.25) is 0 Å². The van der Waals surface area contributed by atoms with E-state index in [9.17, 15) is 53.7 Å². The Morgan fingerprint density at radius 1 is 0.766 bits per heavy atom. The highest BCUT2D eigenvalue weighted by molar-refractivity contribution is 8.77. The molecule has 26 heteroatoms. The second-order valence-electron chi connectivity index (χ2n) is 19.2. The van der Waals surface area contributed by atoms with E-state index < -0.39 is 113 Å². The molecule has 77 heavy (non-hydrogen) atoms. The van der Waals surface area contributed by atoms with E-state index >= 15 is 0 Å². The smallest absolute Gasteiger partial charge is 0.245 e. The number of carbonyl (C=O) groups excluding carboxylic acids is 8. The number of aromatic nitrogens is 1. The minimum atomic E-state index is -1.80. The lowest BCUT2D eigenvalue weighted by molar-refractivity contribution is -0.137. The molecule has 416 valence electrons. The molecule has 2 unspecified atom stereocenters. The zero-order valence-corrected chi connectivity index (χ0v) is 44.6. The molecule has 1 aliphatic rings. The van der Waals surface area contributed by atoms with Crippen LogP contribution in [0.25, 0.3) is 10.9 Å². The molecule has 24 nitrogen and oxygen atoms in total. The van der Waals surface area contributed by atoms with Gasteiger partial charge in [-0.3, -0.25) is 43.3 Å². The lowest BCUT2D eigenvalue weighted by Crippen LogP contribution is -2.65. The van der Waals surface area contributed by atoms with Gasteiger partial charge in [-0.25, -0.2) is 0 Å². The van der Waals surface area contributed by atoms with Gasteiger partial charge >= 0.3 is 0 Å². The highest BCUT2D eigenvalue weighted by Crippen LogP contribution is 2.39. The van der Waals surface area contributed by atoms with Gasteiger partial charge in [0.2, 0.25) is 47.3 Å². The number of nitrogens with two attached hydrogens (primary N) is 4. The van der Waals surface area contributed by atoms with Crippen LogP contribution in [-0.2, 0) is 57.6 Å². The fourth-order valence-corrected chi connectivity index (χ4v) is 11.0. The Morgan fingerprint density at radius 2 is 1.38 bits per heavy atom. The second kappa shape index (κ2) is 28.1. The molecule has 3 aromatic carbocycles. The third-order valence-electron chi connectivity index (χ3n) is 12.5. The first-order valence-corrected chi connectivity index (χ1v) is 27.0. The van der Waals surface area contributed by atoms with Gasteiger partial charge in [0.1, 0.15) is 48.0 Å². The van der Waals surface area contributed by atoms with Crippen LogP contribution in [0.3, 0.4) is 0 Å². The molecular formula is C51H69N13O11S2. The van der Waals surface area contributed by atoms with Crippen molar-refractivity contribution >= 4 is 85.7 Å². The maximum atomic E-state index is 14.9. The summed E-state index contributed by atoms with van der Waals surface area (Å²) >= 11 is 0. The Hall–Kier alpha value is -7.39. The van der Waals surface area contributed by atoms with E-state index in [-0.39, 0.29) is 56.1 Å². The number of phenols is 1. The van der Waals surface area contributed by atoms with Gasteiger partial charge in [0.05, 0.1) is 18.2 Å². The third kappa shape index (κ3) is 17.8. The van der Waals surface area contributed by atoms with Crippen molar-refractivity contribution in [1.29, 1.82) is 0 Å². The summed E-state index contributed by atoms with van der Waals surface area (Å²) < 4.78 is -1.45. The summed E-state index contributed by atoms with van der Waals surface area (Å²) in [6.45, 7) is 5.45. The number of carbonyl (C=O) groups is 8. The topological polar surface area (TPSA) is 414 Å². The fraction of sp³-hybridized carbons (Fsp3) is 0.431. The number of rotatable bonds is 17. The molecular weight excluding hydrogens is 1030 g/mol.